The standard InChI is InChI=1S/C13H11F3N2O/c14-13(15,16)19-11-5-3-9(4-6-11)12(17)10-2-1-7-18-8-10/h1-8,12H,17H2/t12-/m0/s1. The van der Waals surface area contributed by atoms with Crippen LogP contribution < -0.4 is 10.5 Å². The van der Waals surface area contributed by atoms with Gasteiger partial charge in [0.25, 0.3) is 0 Å². The van der Waals surface area contributed by atoms with Gasteiger partial charge in [0.2, 0.25) is 0 Å². The second kappa shape index (κ2) is 5.27. The van der Waals surface area contributed by atoms with E-state index >= 15 is 0 Å². The van der Waals surface area contributed by atoms with Gasteiger partial charge in [-0.3, -0.25) is 4.98 Å². The summed E-state index contributed by atoms with van der Waals surface area (Å²) in [5.74, 6) is -0.269. The van der Waals surface area contributed by atoms with Gasteiger partial charge in [-0.25, -0.2) is 0 Å². The molecule has 2 rings (SSSR count). The Balaban J connectivity index is 2.15. The molecular formula is C13H11F3N2O. The fourth-order valence-electron chi connectivity index (χ4n) is 1.63. The third-order valence-electron chi connectivity index (χ3n) is 2.52. The Morgan fingerprint density at radius 2 is 1.74 bits per heavy atom. The molecule has 6 heteroatoms. The second-order valence-corrected chi connectivity index (χ2v) is 3.88. The van der Waals surface area contributed by atoms with Crippen molar-refractivity contribution in [3.05, 3.63) is 59.9 Å². The lowest BCUT2D eigenvalue weighted by atomic mass is 10.0. The molecule has 1 atom stereocenters. The fourth-order valence-corrected chi connectivity index (χ4v) is 1.63. The molecule has 2 aromatic rings. The second-order valence-electron chi connectivity index (χ2n) is 3.88. The predicted octanol–water partition coefficient (Wildman–Crippen LogP) is 3.03. The van der Waals surface area contributed by atoms with Crippen LogP contribution >= 0.6 is 0 Å². The molecule has 0 saturated heterocycles. The highest BCUT2D eigenvalue weighted by Gasteiger charge is 2.31. The lowest BCUT2D eigenvalue weighted by Crippen LogP contribution is -2.17. The van der Waals surface area contributed by atoms with Gasteiger partial charge in [0.1, 0.15) is 5.75 Å². The van der Waals surface area contributed by atoms with E-state index in [4.69, 9.17) is 5.73 Å². The van der Waals surface area contributed by atoms with Crippen LogP contribution in [0.5, 0.6) is 5.75 Å². The Morgan fingerprint density at radius 1 is 1.05 bits per heavy atom. The van der Waals surface area contributed by atoms with Crippen LogP contribution in [0, 0.1) is 0 Å². The highest BCUT2D eigenvalue weighted by atomic mass is 19.4. The third kappa shape index (κ3) is 3.69. The lowest BCUT2D eigenvalue weighted by Gasteiger charge is -2.13. The van der Waals surface area contributed by atoms with Gasteiger partial charge < -0.3 is 10.5 Å². The summed E-state index contributed by atoms with van der Waals surface area (Å²) in [4.78, 5) is 3.94. The Bertz CT molecular complexity index is 526. The van der Waals surface area contributed by atoms with Crippen LogP contribution in [0.15, 0.2) is 48.8 Å². The molecule has 1 heterocycles. The quantitative estimate of drug-likeness (QED) is 0.930. The number of pyridine rings is 1. The summed E-state index contributed by atoms with van der Waals surface area (Å²) >= 11 is 0. The summed E-state index contributed by atoms with van der Waals surface area (Å²) in [5, 5.41) is 0. The number of aromatic nitrogens is 1. The SMILES string of the molecule is N[C@@H](c1ccc(OC(F)(F)F)cc1)c1cccnc1. The number of halogens is 3. The van der Waals surface area contributed by atoms with Crippen molar-refractivity contribution >= 4 is 0 Å². The first-order chi connectivity index (χ1) is 8.96. The molecule has 1 aromatic heterocycles. The van der Waals surface area contributed by atoms with Crippen LogP contribution in [0.1, 0.15) is 17.2 Å². The molecule has 3 nitrogen and oxygen atoms in total. The molecule has 0 saturated carbocycles. The number of hydrogen-bond acceptors (Lipinski definition) is 3. The number of benzene rings is 1. The number of alkyl halides is 3. The van der Waals surface area contributed by atoms with Crippen LogP contribution in [0.3, 0.4) is 0 Å². The van der Waals surface area contributed by atoms with Crippen molar-refractivity contribution in [2.75, 3.05) is 0 Å². The minimum Gasteiger partial charge on any atom is -0.406 e. The van der Waals surface area contributed by atoms with Crippen LogP contribution in [0.4, 0.5) is 13.2 Å². The first-order valence-electron chi connectivity index (χ1n) is 5.47. The van der Waals surface area contributed by atoms with Crippen molar-refractivity contribution in [3.63, 3.8) is 0 Å². The molecular weight excluding hydrogens is 257 g/mol. The van der Waals surface area contributed by atoms with Crippen LogP contribution in [-0.4, -0.2) is 11.3 Å². The summed E-state index contributed by atoms with van der Waals surface area (Å²) in [6.45, 7) is 0. The minimum atomic E-state index is -4.69. The Labute approximate surface area is 107 Å². The zero-order chi connectivity index (χ0) is 13.9. The molecule has 0 aliphatic rings. The molecule has 0 spiro atoms. The van der Waals surface area contributed by atoms with Gasteiger partial charge >= 0.3 is 6.36 Å². The van der Waals surface area contributed by atoms with Crippen molar-refractivity contribution in [1.82, 2.24) is 4.98 Å². The summed E-state index contributed by atoms with van der Waals surface area (Å²) in [6.07, 6.45) is -1.45. The van der Waals surface area contributed by atoms with Gasteiger partial charge in [-0.05, 0) is 29.3 Å². The number of ether oxygens (including phenoxy) is 1. The summed E-state index contributed by atoms with van der Waals surface area (Å²) in [7, 11) is 0. The first-order valence-corrected chi connectivity index (χ1v) is 5.47. The van der Waals surface area contributed by atoms with Crippen molar-refractivity contribution < 1.29 is 17.9 Å². The zero-order valence-corrected chi connectivity index (χ0v) is 9.76. The molecule has 0 fully saturated rings. The van der Waals surface area contributed by atoms with Gasteiger partial charge in [-0.15, -0.1) is 13.2 Å². The average Bonchev–Trinajstić information content (AvgIpc) is 2.38. The normalized spacial score (nSPS) is 13.1. The zero-order valence-electron chi connectivity index (χ0n) is 9.76. The topological polar surface area (TPSA) is 48.1 Å². The largest absolute Gasteiger partial charge is 0.573 e. The van der Waals surface area contributed by atoms with Crippen LogP contribution in [-0.2, 0) is 0 Å². The Kier molecular flexibility index (Phi) is 3.71. The number of nitrogens with zero attached hydrogens (tertiary/aromatic N) is 1. The number of hydrogen-bond donors (Lipinski definition) is 1. The Hall–Kier alpha value is -2.08. The maximum absolute atomic E-state index is 12.0. The predicted molar refractivity (Wildman–Crippen MR) is 63.4 cm³/mol. The Morgan fingerprint density at radius 3 is 2.26 bits per heavy atom. The van der Waals surface area contributed by atoms with Crippen molar-refractivity contribution in [3.8, 4) is 5.75 Å². The van der Waals surface area contributed by atoms with E-state index < -0.39 is 12.4 Å². The van der Waals surface area contributed by atoms with E-state index in [1.165, 1.54) is 24.3 Å². The molecule has 0 radical (unpaired) electrons. The molecule has 0 aliphatic heterocycles. The maximum Gasteiger partial charge on any atom is 0.573 e. The van der Waals surface area contributed by atoms with E-state index in [1.807, 2.05) is 0 Å². The molecule has 1 aromatic carbocycles. The number of rotatable bonds is 3. The van der Waals surface area contributed by atoms with Crippen molar-refractivity contribution in [2.24, 2.45) is 5.73 Å². The van der Waals surface area contributed by atoms with Crippen LogP contribution in [0.2, 0.25) is 0 Å². The van der Waals surface area contributed by atoms with E-state index in [2.05, 4.69) is 9.72 Å². The molecule has 0 unspecified atom stereocenters. The molecule has 2 N–H and O–H groups in total. The van der Waals surface area contributed by atoms with Gasteiger partial charge in [0, 0.05) is 12.4 Å². The monoisotopic (exact) mass is 268 g/mol. The van der Waals surface area contributed by atoms with Gasteiger partial charge in [0.05, 0.1) is 6.04 Å². The van der Waals surface area contributed by atoms with E-state index in [-0.39, 0.29) is 5.75 Å². The average molecular weight is 268 g/mol. The summed E-state index contributed by atoms with van der Waals surface area (Å²) in [6, 6.07) is 8.58. The lowest BCUT2D eigenvalue weighted by molar-refractivity contribution is -0.274. The first kappa shape index (κ1) is 13.4. The van der Waals surface area contributed by atoms with E-state index in [0.717, 1.165) is 5.56 Å². The van der Waals surface area contributed by atoms with Gasteiger partial charge in [-0.1, -0.05) is 18.2 Å². The van der Waals surface area contributed by atoms with Crippen molar-refractivity contribution in [1.29, 1.82) is 0 Å². The molecule has 0 amide bonds. The summed E-state index contributed by atoms with van der Waals surface area (Å²) in [5.41, 5.74) is 7.46. The van der Waals surface area contributed by atoms with E-state index in [1.54, 1.807) is 24.5 Å². The number of nitrogens with two attached hydrogens (primary N) is 1. The third-order valence-corrected chi connectivity index (χ3v) is 2.52. The molecule has 19 heavy (non-hydrogen) atoms. The highest BCUT2D eigenvalue weighted by molar-refractivity contribution is 5.34. The van der Waals surface area contributed by atoms with Gasteiger partial charge in [0.15, 0.2) is 0 Å². The minimum absolute atomic E-state index is 0.269. The smallest absolute Gasteiger partial charge is 0.406 e. The summed E-state index contributed by atoms with van der Waals surface area (Å²) < 4.78 is 39.8. The van der Waals surface area contributed by atoms with Gasteiger partial charge in [-0.2, -0.15) is 0 Å². The fraction of sp³-hybridized carbons (Fsp3) is 0.154. The van der Waals surface area contributed by atoms with E-state index in [0.29, 0.717) is 5.56 Å². The van der Waals surface area contributed by atoms with Crippen LogP contribution in [0.25, 0.3) is 0 Å². The highest BCUT2D eigenvalue weighted by Crippen LogP contribution is 2.25. The van der Waals surface area contributed by atoms with E-state index in [9.17, 15) is 13.2 Å². The van der Waals surface area contributed by atoms with Crippen molar-refractivity contribution in [2.45, 2.75) is 12.4 Å². The molecule has 100 valence electrons. The molecule has 0 bridgehead atoms. The molecule has 0 aliphatic carbocycles. The maximum atomic E-state index is 12.0.